The smallest absolute Gasteiger partial charge is 0.217 e. The molecular weight excluding hydrogens is 241 g/mol. The maximum absolute atomic E-state index is 13.5. The molecule has 0 radical (unpaired) electrons. The van der Waals surface area contributed by atoms with E-state index in [2.05, 4.69) is 29.8 Å². The zero-order valence-corrected chi connectivity index (χ0v) is 11.5. The average molecular weight is 261 g/mol. The van der Waals surface area contributed by atoms with Crippen LogP contribution >= 0.6 is 0 Å². The summed E-state index contributed by atoms with van der Waals surface area (Å²) in [5.74, 6) is 0.636. The second kappa shape index (κ2) is 6.12. The highest BCUT2D eigenvalue weighted by Crippen LogP contribution is 2.30. The van der Waals surface area contributed by atoms with Gasteiger partial charge >= 0.3 is 0 Å². The summed E-state index contributed by atoms with van der Waals surface area (Å²) in [6, 6.07) is 5.93. The number of pyridine rings is 1. The lowest BCUT2D eigenvalue weighted by Crippen LogP contribution is -2.41. The molecule has 3 nitrogen and oxygen atoms in total. The van der Waals surface area contributed by atoms with E-state index in [1.807, 2.05) is 0 Å². The number of nitrogens with zero attached hydrogens (tertiary/aromatic N) is 3. The predicted octanol–water partition coefficient (Wildman–Crippen LogP) is 2.84. The number of piperidine rings is 1. The van der Waals surface area contributed by atoms with Crippen LogP contribution in [0, 0.1) is 35.0 Å². The minimum atomic E-state index is -0.401. The highest BCUT2D eigenvalue weighted by molar-refractivity contribution is 5.11. The van der Waals surface area contributed by atoms with Crippen molar-refractivity contribution < 1.29 is 4.39 Å². The zero-order chi connectivity index (χ0) is 13.8. The van der Waals surface area contributed by atoms with Gasteiger partial charge in [-0.3, -0.25) is 4.90 Å². The van der Waals surface area contributed by atoms with Crippen molar-refractivity contribution in [3.8, 4) is 6.07 Å². The molecule has 1 aromatic rings. The van der Waals surface area contributed by atoms with E-state index < -0.39 is 5.95 Å². The summed E-state index contributed by atoms with van der Waals surface area (Å²) in [5.41, 5.74) is 0.613. The Kier molecular flexibility index (Phi) is 4.49. The quantitative estimate of drug-likeness (QED) is 0.785. The van der Waals surface area contributed by atoms with Gasteiger partial charge in [0.2, 0.25) is 5.95 Å². The molecule has 2 unspecified atom stereocenters. The van der Waals surface area contributed by atoms with Crippen molar-refractivity contribution >= 4 is 0 Å². The molecule has 1 saturated heterocycles. The Morgan fingerprint density at radius 2 is 2.37 bits per heavy atom. The fraction of sp³-hybridized carbons (Fsp3) is 0.600. The topological polar surface area (TPSA) is 39.9 Å². The van der Waals surface area contributed by atoms with Crippen molar-refractivity contribution in [2.75, 3.05) is 13.1 Å². The molecule has 2 atom stereocenters. The zero-order valence-electron chi connectivity index (χ0n) is 11.5. The molecule has 0 amide bonds. The molecule has 2 heterocycles. The van der Waals surface area contributed by atoms with Gasteiger partial charge in [-0.1, -0.05) is 19.9 Å². The number of rotatable bonds is 3. The van der Waals surface area contributed by atoms with Gasteiger partial charge in [0.05, 0.1) is 12.0 Å². The molecule has 1 aliphatic rings. The Hall–Kier alpha value is -1.47. The second-order valence-electron chi connectivity index (χ2n) is 5.62. The summed E-state index contributed by atoms with van der Waals surface area (Å²) in [6.07, 6.45) is 2.47. The third kappa shape index (κ3) is 3.30. The largest absolute Gasteiger partial charge is 0.298 e. The first-order valence-electron chi connectivity index (χ1n) is 6.83. The van der Waals surface area contributed by atoms with Crippen LogP contribution in [0.5, 0.6) is 0 Å². The van der Waals surface area contributed by atoms with E-state index in [1.54, 1.807) is 12.1 Å². The standard InChI is InChI=1S/C15H20FN3/c1-11(2)14-5-7-19(10-13(14)8-17)9-12-4-3-6-18-15(12)16/h3-4,6,11,13-14H,5,7,9-10H2,1-2H3. The van der Waals surface area contributed by atoms with Crippen LogP contribution in [-0.4, -0.2) is 23.0 Å². The first kappa shape index (κ1) is 14.0. The van der Waals surface area contributed by atoms with Gasteiger partial charge in [0.15, 0.2) is 0 Å². The maximum Gasteiger partial charge on any atom is 0.217 e. The number of halogens is 1. The van der Waals surface area contributed by atoms with Crippen molar-refractivity contribution in [3.63, 3.8) is 0 Å². The third-order valence-corrected chi connectivity index (χ3v) is 4.00. The lowest BCUT2D eigenvalue weighted by Gasteiger charge is -2.37. The number of nitriles is 1. The summed E-state index contributed by atoms with van der Waals surface area (Å²) in [7, 11) is 0. The molecule has 0 N–H and O–H groups in total. The van der Waals surface area contributed by atoms with Crippen LogP contribution in [0.2, 0.25) is 0 Å². The Balaban J connectivity index is 2.01. The van der Waals surface area contributed by atoms with Gasteiger partial charge < -0.3 is 0 Å². The molecule has 4 heteroatoms. The summed E-state index contributed by atoms with van der Waals surface area (Å²) in [4.78, 5) is 5.83. The average Bonchev–Trinajstić information content (AvgIpc) is 2.41. The van der Waals surface area contributed by atoms with Gasteiger partial charge in [0.25, 0.3) is 0 Å². The molecule has 102 valence electrons. The summed E-state index contributed by atoms with van der Waals surface area (Å²) < 4.78 is 13.5. The van der Waals surface area contributed by atoms with Crippen LogP contribution < -0.4 is 0 Å². The first-order valence-corrected chi connectivity index (χ1v) is 6.83. The van der Waals surface area contributed by atoms with Crippen molar-refractivity contribution in [3.05, 3.63) is 29.8 Å². The summed E-state index contributed by atoms with van der Waals surface area (Å²) >= 11 is 0. The minimum Gasteiger partial charge on any atom is -0.298 e. The van der Waals surface area contributed by atoms with Crippen LogP contribution in [-0.2, 0) is 6.54 Å². The van der Waals surface area contributed by atoms with Crippen molar-refractivity contribution in [1.82, 2.24) is 9.88 Å². The fourth-order valence-corrected chi connectivity index (χ4v) is 2.89. The van der Waals surface area contributed by atoms with Gasteiger partial charge in [-0.25, -0.2) is 4.98 Å². The Morgan fingerprint density at radius 1 is 1.58 bits per heavy atom. The highest BCUT2D eigenvalue weighted by Gasteiger charge is 2.31. The monoisotopic (exact) mass is 261 g/mol. The maximum atomic E-state index is 13.5. The van der Waals surface area contributed by atoms with E-state index in [0.29, 0.717) is 23.9 Å². The third-order valence-electron chi connectivity index (χ3n) is 4.00. The minimum absolute atomic E-state index is 0.0495. The molecule has 0 bridgehead atoms. The van der Waals surface area contributed by atoms with Crippen molar-refractivity contribution in [2.24, 2.45) is 17.8 Å². The molecule has 1 aliphatic heterocycles. The number of likely N-dealkylation sites (tertiary alicyclic amines) is 1. The van der Waals surface area contributed by atoms with E-state index in [-0.39, 0.29) is 5.92 Å². The first-order chi connectivity index (χ1) is 9.11. The molecule has 1 fully saturated rings. The van der Waals surface area contributed by atoms with Crippen molar-refractivity contribution in [2.45, 2.75) is 26.8 Å². The summed E-state index contributed by atoms with van der Waals surface area (Å²) in [5, 5.41) is 9.29. The lowest BCUT2D eigenvalue weighted by molar-refractivity contribution is 0.114. The Bertz CT molecular complexity index is 467. The molecular formula is C15H20FN3. The predicted molar refractivity (Wildman–Crippen MR) is 71.5 cm³/mol. The van der Waals surface area contributed by atoms with Crippen LogP contribution in [0.25, 0.3) is 0 Å². The van der Waals surface area contributed by atoms with Gasteiger partial charge in [-0.05, 0) is 30.9 Å². The lowest BCUT2D eigenvalue weighted by atomic mass is 9.79. The van der Waals surface area contributed by atoms with Gasteiger partial charge in [0.1, 0.15) is 0 Å². The van der Waals surface area contributed by atoms with E-state index in [0.717, 1.165) is 19.5 Å². The van der Waals surface area contributed by atoms with Gasteiger partial charge in [-0.2, -0.15) is 9.65 Å². The number of aromatic nitrogens is 1. The molecule has 0 spiro atoms. The van der Waals surface area contributed by atoms with Crippen LogP contribution in [0.3, 0.4) is 0 Å². The van der Waals surface area contributed by atoms with E-state index >= 15 is 0 Å². The summed E-state index contributed by atoms with van der Waals surface area (Å²) in [6.45, 7) is 6.54. The van der Waals surface area contributed by atoms with E-state index in [9.17, 15) is 9.65 Å². The van der Waals surface area contributed by atoms with Crippen LogP contribution in [0.1, 0.15) is 25.8 Å². The fourth-order valence-electron chi connectivity index (χ4n) is 2.89. The normalized spacial score (nSPS) is 24.4. The molecule has 0 aromatic carbocycles. The second-order valence-corrected chi connectivity index (χ2v) is 5.62. The molecule has 0 aliphatic carbocycles. The van der Waals surface area contributed by atoms with E-state index in [4.69, 9.17) is 0 Å². The van der Waals surface area contributed by atoms with Crippen LogP contribution in [0.15, 0.2) is 18.3 Å². The SMILES string of the molecule is CC(C)C1CCN(Cc2cccnc2F)CC1C#N. The molecule has 19 heavy (non-hydrogen) atoms. The molecule has 2 rings (SSSR count). The highest BCUT2D eigenvalue weighted by atomic mass is 19.1. The van der Waals surface area contributed by atoms with Crippen molar-refractivity contribution in [1.29, 1.82) is 5.26 Å². The van der Waals surface area contributed by atoms with E-state index in [1.165, 1.54) is 6.20 Å². The number of hydrogen-bond donors (Lipinski definition) is 0. The van der Waals surface area contributed by atoms with Gasteiger partial charge in [0, 0.05) is 24.8 Å². The van der Waals surface area contributed by atoms with Crippen LogP contribution in [0.4, 0.5) is 4.39 Å². The molecule has 1 aromatic heterocycles. The Labute approximate surface area is 114 Å². The number of hydrogen-bond acceptors (Lipinski definition) is 3. The Morgan fingerprint density at radius 3 is 3.00 bits per heavy atom. The molecule has 0 saturated carbocycles. The van der Waals surface area contributed by atoms with Gasteiger partial charge in [-0.15, -0.1) is 0 Å².